The maximum atomic E-state index is 11.8. The third kappa shape index (κ3) is 2.46. The molecule has 0 saturated heterocycles. The summed E-state index contributed by atoms with van der Waals surface area (Å²) in [4.78, 5) is 11.8. The van der Waals surface area contributed by atoms with Gasteiger partial charge in [-0.25, -0.2) is 0 Å². The molecule has 0 aromatic heterocycles. The number of hydrogen-bond donors (Lipinski definition) is 0. The molecule has 88 valence electrons. The van der Waals surface area contributed by atoms with Gasteiger partial charge < -0.3 is 0 Å². The van der Waals surface area contributed by atoms with Gasteiger partial charge in [-0.2, -0.15) is 5.26 Å². The van der Waals surface area contributed by atoms with Gasteiger partial charge in [0.1, 0.15) is 5.78 Å². The van der Waals surface area contributed by atoms with Crippen molar-refractivity contribution in [3.05, 3.63) is 71.3 Å². The summed E-state index contributed by atoms with van der Waals surface area (Å²) in [6.45, 7) is 1.59. The Kier molecular flexibility index (Phi) is 3.54. The van der Waals surface area contributed by atoms with Gasteiger partial charge in [0, 0.05) is 0 Å². The van der Waals surface area contributed by atoms with Gasteiger partial charge in [0.2, 0.25) is 0 Å². The molecule has 0 N–H and O–H groups in total. The molecule has 0 aliphatic rings. The molecule has 2 nitrogen and oxygen atoms in total. The molecule has 0 spiro atoms. The average Bonchev–Trinajstić information content (AvgIpc) is 2.40. The number of Topliss-reactive ketones (excluding diaryl/α,β-unsaturated/α-hetero) is 1. The fourth-order valence-corrected chi connectivity index (χ4v) is 2.06. The molecular formula is C16H13NO. The lowest BCUT2D eigenvalue weighted by atomic mass is 9.88. The molecule has 0 fully saturated rings. The smallest absolute Gasteiger partial charge is 0.141 e. The van der Waals surface area contributed by atoms with E-state index < -0.39 is 0 Å². The molecular weight excluding hydrogens is 222 g/mol. The summed E-state index contributed by atoms with van der Waals surface area (Å²) in [5.41, 5.74) is 2.51. The predicted octanol–water partition coefficient (Wildman–Crippen LogP) is 3.28. The van der Waals surface area contributed by atoms with Crippen molar-refractivity contribution in [2.75, 3.05) is 0 Å². The van der Waals surface area contributed by atoms with E-state index in [4.69, 9.17) is 5.26 Å². The SMILES string of the molecule is CC(=O)C(c1ccccc1)c1ccc(C#N)cc1. The highest BCUT2D eigenvalue weighted by Crippen LogP contribution is 2.25. The Hall–Kier alpha value is -2.40. The Labute approximate surface area is 107 Å². The third-order valence-corrected chi connectivity index (χ3v) is 2.91. The number of hydrogen-bond acceptors (Lipinski definition) is 2. The van der Waals surface area contributed by atoms with Gasteiger partial charge in [0.05, 0.1) is 17.6 Å². The summed E-state index contributed by atoms with van der Waals surface area (Å²) in [6, 6.07) is 18.9. The molecule has 0 aliphatic heterocycles. The molecule has 2 rings (SSSR count). The third-order valence-electron chi connectivity index (χ3n) is 2.91. The first-order valence-corrected chi connectivity index (χ1v) is 5.78. The highest BCUT2D eigenvalue weighted by Gasteiger charge is 2.18. The van der Waals surface area contributed by atoms with Crippen molar-refractivity contribution in [1.82, 2.24) is 0 Å². The van der Waals surface area contributed by atoms with Crippen LogP contribution in [0.5, 0.6) is 0 Å². The van der Waals surface area contributed by atoms with E-state index in [1.165, 1.54) is 0 Å². The summed E-state index contributed by atoms with van der Waals surface area (Å²) < 4.78 is 0. The van der Waals surface area contributed by atoms with E-state index in [0.29, 0.717) is 5.56 Å². The van der Waals surface area contributed by atoms with Crippen molar-refractivity contribution in [1.29, 1.82) is 5.26 Å². The lowest BCUT2D eigenvalue weighted by Gasteiger charge is -2.14. The number of benzene rings is 2. The van der Waals surface area contributed by atoms with E-state index in [-0.39, 0.29) is 11.7 Å². The summed E-state index contributed by atoms with van der Waals surface area (Å²) in [5.74, 6) is -0.148. The lowest BCUT2D eigenvalue weighted by Crippen LogP contribution is -2.10. The number of ketones is 1. The first kappa shape index (κ1) is 12.1. The van der Waals surface area contributed by atoms with Crippen LogP contribution in [-0.2, 0) is 4.79 Å². The second-order valence-corrected chi connectivity index (χ2v) is 4.19. The van der Waals surface area contributed by atoms with Crippen LogP contribution in [0.4, 0.5) is 0 Å². The minimum Gasteiger partial charge on any atom is -0.299 e. The summed E-state index contributed by atoms with van der Waals surface area (Å²) in [7, 11) is 0. The van der Waals surface area contributed by atoms with Crippen LogP contribution >= 0.6 is 0 Å². The van der Waals surface area contributed by atoms with Crippen molar-refractivity contribution in [3.63, 3.8) is 0 Å². The van der Waals surface area contributed by atoms with Crippen LogP contribution in [0.2, 0.25) is 0 Å². The Bertz CT molecular complexity index is 579. The zero-order chi connectivity index (χ0) is 13.0. The fraction of sp³-hybridized carbons (Fsp3) is 0.125. The molecule has 18 heavy (non-hydrogen) atoms. The highest BCUT2D eigenvalue weighted by atomic mass is 16.1. The van der Waals surface area contributed by atoms with E-state index in [1.54, 1.807) is 19.1 Å². The second kappa shape index (κ2) is 5.29. The Morgan fingerprint density at radius 3 is 2.06 bits per heavy atom. The maximum Gasteiger partial charge on any atom is 0.141 e. The minimum absolute atomic E-state index is 0.103. The van der Waals surface area contributed by atoms with Crippen LogP contribution in [0.25, 0.3) is 0 Å². The van der Waals surface area contributed by atoms with E-state index >= 15 is 0 Å². The summed E-state index contributed by atoms with van der Waals surface area (Å²) in [5, 5.41) is 8.78. The first-order chi connectivity index (χ1) is 8.72. The van der Waals surface area contributed by atoms with Crippen molar-refractivity contribution < 1.29 is 4.79 Å². The molecule has 2 heteroatoms. The molecule has 0 saturated carbocycles. The Morgan fingerprint density at radius 2 is 1.56 bits per heavy atom. The minimum atomic E-state index is -0.251. The monoisotopic (exact) mass is 235 g/mol. The van der Waals surface area contributed by atoms with Crippen LogP contribution < -0.4 is 0 Å². The first-order valence-electron chi connectivity index (χ1n) is 5.78. The molecule has 0 radical (unpaired) electrons. The van der Waals surface area contributed by atoms with Crippen LogP contribution in [0.1, 0.15) is 29.5 Å². The fourth-order valence-electron chi connectivity index (χ4n) is 2.06. The standard InChI is InChI=1S/C16H13NO/c1-12(18)16(14-5-3-2-4-6-14)15-9-7-13(11-17)8-10-15/h2-10,16H,1H3. The number of carbonyl (C=O) groups excluding carboxylic acids is 1. The van der Waals surface area contributed by atoms with Crippen molar-refractivity contribution >= 4 is 5.78 Å². The van der Waals surface area contributed by atoms with Gasteiger partial charge >= 0.3 is 0 Å². The van der Waals surface area contributed by atoms with Crippen LogP contribution in [0.15, 0.2) is 54.6 Å². The van der Waals surface area contributed by atoms with E-state index in [1.807, 2.05) is 42.5 Å². The molecule has 0 aliphatic carbocycles. The normalized spacial score (nSPS) is 11.6. The number of rotatable bonds is 3. The van der Waals surface area contributed by atoms with E-state index in [9.17, 15) is 4.79 Å². The topological polar surface area (TPSA) is 40.9 Å². The molecule has 0 amide bonds. The summed E-state index contributed by atoms with van der Waals surface area (Å²) >= 11 is 0. The van der Waals surface area contributed by atoms with Gasteiger partial charge in [0.15, 0.2) is 0 Å². The van der Waals surface area contributed by atoms with Crippen LogP contribution in [0, 0.1) is 11.3 Å². The maximum absolute atomic E-state index is 11.8. The predicted molar refractivity (Wildman–Crippen MR) is 70.1 cm³/mol. The quantitative estimate of drug-likeness (QED) is 0.819. The second-order valence-electron chi connectivity index (χ2n) is 4.19. The highest BCUT2D eigenvalue weighted by molar-refractivity contribution is 5.86. The summed E-state index contributed by atoms with van der Waals surface area (Å²) in [6.07, 6.45) is 0. The largest absolute Gasteiger partial charge is 0.299 e. The van der Waals surface area contributed by atoms with Gasteiger partial charge in [0.25, 0.3) is 0 Å². The number of nitrogens with zero attached hydrogens (tertiary/aromatic N) is 1. The molecule has 1 atom stereocenters. The lowest BCUT2D eigenvalue weighted by molar-refractivity contribution is -0.117. The van der Waals surface area contributed by atoms with Gasteiger partial charge in [-0.15, -0.1) is 0 Å². The van der Waals surface area contributed by atoms with Crippen molar-refractivity contribution in [2.24, 2.45) is 0 Å². The molecule has 0 bridgehead atoms. The van der Waals surface area contributed by atoms with Crippen molar-refractivity contribution in [2.45, 2.75) is 12.8 Å². The Balaban J connectivity index is 2.43. The molecule has 1 unspecified atom stereocenters. The van der Waals surface area contributed by atoms with Gasteiger partial charge in [-0.3, -0.25) is 4.79 Å². The van der Waals surface area contributed by atoms with Gasteiger partial charge in [-0.05, 0) is 30.2 Å². The van der Waals surface area contributed by atoms with E-state index in [0.717, 1.165) is 11.1 Å². The molecule has 2 aromatic carbocycles. The van der Waals surface area contributed by atoms with Crippen molar-refractivity contribution in [3.8, 4) is 6.07 Å². The zero-order valence-corrected chi connectivity index (χ0v) is 10.1. The number of nitriles is 1. The number of carbonyl (C=O) groups is 1. The van der Waals surface area contributed by atoms with Gasteiger partial charge in [-0.1, -0.05) is 42.5 Å². The van der Waals surface area contributed by atoms with Crippen LogP contribution in [0.3, 0.4) is 0 Å². The Morgan fingerprint density at radius 1 is 1.00 bits per heavy atom. The van der Waals surface area contributed by atoms with Crippen LogP contribution in [-0.4, -0.2) is 5.78 Å². The average molecular weight is 235 g/mol. The zero-order valence-electron chi connectivity index (χ0n) is 10.1. The van der Waals surface area contributed by atoms with E-state index in [2.05, 4.69) is 6.07 Å². The molecule has 0 heterocycles. The molecule has 2 aromatic rings.